The van der Waals surface area contributed by atoms with Gasteiger partial charge in [-0.25, -0.2) is 24.8 Å². The number of pyridine rings is 1. The molecule has 2 N–H and O–H groups in total. The second kappa shape index (κ2) is 14.4. The molecule has 3 aromatic heterocycles. The molecule has 44 heavy (non-hydrogen) atoms. The highest BCUT2D eigenvalue weighted by Crippen LogP contribution is 2.29. The highest BCUT2D eigenvalue weighted by molar-refractivity contribution is 7.85. The Morgan fingerprint density at radius 2 is 2.02 bits per heavy atom. The number of nitrogens with one attached hydrogen (secondary N) is 1. The van der Waals surface area contributed by atoms with E-state index >= 15 is 0 Å². The summed E-state index contributed by atoms with van der Waals surface area (Å²) in [6.45, 7) is 7.65. The number of hydrogen-bond donors (Lipinski definition) is 3. The maximum Gasteiger partial charge on any atom is 0.280 e. The van der Waals surface area contributed by atoms with E-state index in [0.29, 0.717) is 29.6 Å². The van der Waals surface area contributed by atoms with Crippen molar-refractivity contribution in [3.63, 3.8) is 0 Å². The van der Waals surface area contributed by atoms with Gasteiger partial charge in [-0.3, -0.25) is 14.9 Å². The number of aryl methyl sites for hydroxylation is 2. The molecular weight excluding hydrogens is 605 g/mol. The molecule has 0 radical (unpaired) electrons. The van der Waals surface area contributed by atoms with Gasteiger partial charge in [-0.1, -0.05) is 23.7 Å². The van der Waals surface area contributed by atoms with Crippen LogP contribution in [0.2, 0.25) is 5.02 Å². The first-order valence-corrected chi connectivity index (χ1v) is 15.2. The van der Waals surface area contributed by atoms with Gasteiger partial charge in [0.2, 0.25) is 5.88 Å². The van der Waals surface area contributed by atoms with Crippen molar-refractivity contribution in [1.29, 1.82) is 0 Å². The second-order valence-corrected chi connectivity index (χ2v) is 11.6. The lowest BCUT2D eigenvalue weighted by Gasteiger charge is -2.31. The van der Waals surface area contributed by atoms with E-state index in [0.717, 1.165) is 61.1 Å². The third-order valence-electron chi connectivity index (χ3n) is 7.84. The van der Waals surface area contributed by atoms with Gasteiger partial charge in [-0.05, 0) is 64.1 Å². The smallest absolute Gasteiger partial charge is 0.280 e. The van der Waals surface area contributed by atoms with Crippen molar-refractivity contribution in [3.05, 3.63) is 98.8 Å². The highest BCUT2D eigenvalue weighted by Gasteiger charge is 2.25. The lowest BCUT2D eigenvalue weighted by molar-refractivity contribution is -0.124. The number of imidazole rings is 2. The van der Waals surface area contributed by atoms with Gasteiger partial charge in [0.25, 0.3) is 5.91 Å². The summed E-state index contributed by atoms with van der Waals surface area (Å²) < 4.78 is 24.1. The molecule has 232 valence electrons. The number of halogens is 2. The number of ether oxygens (including phenoxy) is 1. The molecule has 4 aromatic rings. The SMILES string of the molecule is CCn1cncc1Cn1c(CN2CCC(c3cccc(OCc4ccc(Cl)cc4F)n3)CC2)nc(C)c1/C=C(\S)C(=O)NO. The van der Waals surface area contributed by atoms with Crippen LogP contribution in [-0.4, -0.2) is 53.2 Å². The number of aromatic nitrogens is 5. The summed E-state index contributed by atoms with van der Waals surface area (Å²) in [5, 5.41) is 9.42. The van der Waals surface area contributed by atoms with Gasteiger partial charge in [0.15, 0.2) is 0 Å². The van der Waals surface area contributed by atoms with Crippen molar-refractivity contribution in [2.24, 2.45) is 0 Å². The molecule has 10 nitrogen and oxygen atoms in total. The molecule has 1 saturated heterocycles. The van der Waals surface area contributed by atoms with Crippen LogP contribution in [0.5, 0.6) is 5.88 Å². The van der Waals surface area contributed by atoms with E-state index in [1.165, 1.54) is 6.07 Å². The van der Waals surface area contributed by atoms with Crippen molar-refractivity contribution in [2.45, 2.75) is 58.8 Å². The number of rotatable bonds is 11. The maximum absolute atomic E-state index is 14.2. The fourth-order valence-electron chi connectivity index (χ4n) is 5.42. The quantitative estimate of drug-likeness (QED) is 0.0875. The molecule has 0 atom stereocenters. The van der Waals surface area contributed by atoms with Gasteiger partial charge in [-0.15, -0.1) is 12.6 Å². The van der Waals surface area contributed by atoms with Crippen molar-refractivity contribution in [3.8, 4) is 5.88 Å². The fraction of sp³-hybridized carbons (Fsp3) is 0.355. The number of hydrogen-bond acceptors (Lipinski definition) is 8. The normalized spacial score (nSPS) is 14.6. The number of amides is 1. The number of carbonyl (C=O) groups is 1. The summed E-state index contributed by atoms with van der Waals surface area (Å²) in [6, 6.07) is 10.2. The molecule has 1 aromatic carbocycles. The van der Waals surface area contributed by atoms with E-state index in [1.54, 1.807) is 36.1 Å². The molecule has 0 unspecified atom stereocenters. The van der Waals surface area contributed by atoms with Gasteiger partial charge in [0.1, 0.15) is 18.2 Å². The predicted octanol–water partition coefficient (Wildman–Crippen LogP) is 5.38. The Morgan fingerprint density at radius 1 is 1.23 bits per heavy atom. The zero-order valence-electron chi connectivity index (χ0n) is 24.6. The number of hydroxylamine groups is 1. The summed E-state index contributed by atoms with van der Waals surface area (Å²) in [6.07, 6.45) is 7.08. The van der Waals surface area contributed by atoms with Crippen LogP contribution in [0.4, 0.5) is 4.39 Å². The Balaban J connectivity index is 1.27. The Kier molecular flexibility index (Phi) is 10.4. The molecule has 0 saturated carbocycles. The first-order chi connectivity index (χ1) is 21.2. The third kappa shape index (κ3) is 7.49. The maximum atomic E-state index is 14.2. The molecule has 1 aliphatic heterocycles. The average molecular weight is 640 g/mol. The van der Waals surface area contributed by atoms with Gasteiger partial charge in [0, 0.05) is 41.0 Å². The van der Waals surface area contributed by atoms with E-state index in [9.17, 15) is 9.18 Å². The lowest BCUT2D eigenvalue weighted by atomic mass is 9.93. The Labute approximate surface area is 265 Å². The van der Waals surface area contributed by atoms with Crippen LogP contribution < -0.4 is 10.2 Å². The minimum atomic E-state index is -0.692. The zero-order valence-corrected chi connectivity index (χ0v) is 26.2. The molecule has 13 heteroatoms. The van der Waals surface area contributed by atoms with Gasteiger partial charge in [-0.2, -0.15) is 0 Å². The average Bonchev–Trinajstić information content (AvgIpc) is 3.60. The van der Waals surface area contributed by atoms with Gasteiger partial charge in [0.05, 0.1) is 41.4 Å². The molecule has 1 aliphatic rings. The Hall–Kier alpha value is -3.71. The highest BCUT2D eigenvalue weighted by atomic mass is 35.5. The molecule has 4 heterocycles. The molecular formula is C31H35ClFN7O3S. The van der Waals surface area contributed by atoms with Gasteiger partial charge < -0.3 is 13.9 Å². The number of nitrogens with zero attached hydrogens (tertiary/aromatic N) is 6. The molecule has 1 amide bonds. The number of carbonyl (C=O) groups excluding carboxylic acids is 1. The Bertz CT molecular complexity index is 1650. The standard InChI is InChI=1S/C31H35ClFN7O3S/c1-3-39-19-34-15-24(39)16-40-27(14-28(44)31(41)37-42)20(2)35-29(40)17-38-11-9-21(10-12-38)26-5-4-6-30(36-26)43-18-22-7-8-23(32)13-25(22)33/h4-8,13-15,19,21,42,44H,3,9-12,16-18H2,1-2H3,(H,37,41)/b28-14-. The van der Waals surface area contributed by atoms with Crippen LogP contribution in [0.25, 0.3) is 6.08 Å². The van der Waals surface area contributed by atoms with Crippen molar-refractivity contribution in [2.75, 3.05) is 13.1 Å². The number of likely N-dealkylation sites (tertiary alicyclic amines) is 1. The summed E-state index contributed by atoms with van der Waals surface area (Å²) >= 11 is 10.1. The van der Waals surface area contributed by atoms with Crippen molar-refractivity contribution in [1.82, 2.24) is 34.5 Å². The van der Waals surface area contributed by atoms with Crippen LogP contribution in [0.3, 0.4) is 0 Å². The van der Waals surface area contributed by atoms with Crippen LogP contribution >= 0.6 is 24.2 Å². The number of thiol groups is 1. The largest absolute Gasteiger partial charge is 0.473 e. The summed E-state index contributed by atoms with van der Waals surface area (Å²) in [4.78, 5) is 28.3. The van der Waals surface area contributed by atoms with E-state index in [-0.39, 0.29) is 17.4 Å². The zero-order chi connectivity index (χ0) is 31.2. The topological polar surface area (TPSA) is 110 Å². The van der Waals surface area contributed by atoms with E-state index in [2.05, 4.69) is 38.6 Å². The lowest BCUT2D eigenvalue weighted by Crippen LogP contribution is -2.33. The molecule has 1 fully saturated rings. The van der Waals surface area contributed by atoms with Crippen molar-refractivity contribution >= 4 is 36.2 Å². The fourth-order valence-corrected chi connectivity index (χ4v) is 5.75. The summed E-state index contributed by atoms with van der Waals surface area (Å²) in [5.41, 5.74) is 5.52. The minimum absolute atomic E-state index is 0.0690. The van der Waals surface area contributed by atoms with E-state index < -0.39 is 11.7 Å². The summed E-state index contributed by atoms with van der Waals surface area (Å²) in [7, 11) is 0. The molecule has 0 aliphatic carbocycles. The monoisotopic (exact) mass is 639 g/mol. The van der Waals surface area contributed by atoms with E-state index in [1.807, 2.05) is 25.3 Å². The van der Waals surface area contributed by atoms with E-state index in [4.69, 9.17) is 31.5 Å². The molecule has 0 bridgehead atoms. The molecule has 0 spiro atoms. The first-order valence-electron chi connectivity index (χ1n) is 14.4. The number of piperidine rings is 1. The van der Waals surface area contributed by atoms with Crippen LogP contribution in [0.15, 0.2) is 53.8 Å². The van der Waals surface area contributed by atoms with Gasteiger partial charge >= 0.3 is 0 Å². The Morgan fingerprint density at radius 3 is 2.75 bits per heavy atom. The van der Waals surface area contributed by atoms with Crippen LogP contribution in [-0.2, 0) is 31.0 Å². The van der Waals surface area contributed by atoms with Crippen molar-refractivity contribution < 1.29 is 19.1 Å². The number of benzene rings is 1. The summed E-state index contributed by atoms with van der Waals surface area (Å²) in [5.74, 6) is 0.497. The minimum Gasteiger partial charge on any atom is -0.473 e. The predicted molar refractivity (Wildman–Crippen MR) is 168 cm³/mol. The second-order valence-electron chi connectivity index (χ2n) is 10.7. The van der Waals surface area contributed by atoms with Crippen LogP contribution in [0, 0.1) is 12.7 Å². The van der Waals surface area contributed by atoms with Crippen LogP contribution in [0.1, 0.15) is 59.8 Å². The third-order valence-corrected chi connectivity index (χ3v) is 8.41. The first kappa shape index (κ1) is 31.7. The molecule has 5 rings (SSSR count).